The van der Waals surface area contributed by atoms with Crippen molar-refractivity contribution in [2.45, 2.75) is 19.8 Å². The number of hydrogen-bond acceptors (Lipinski definition) is 3. The first kappa shape index (κ1) is 11.4. The lowest BCUT2D eigenvalue weighted by Gasteiger charge is -2.20. The van der Waals surface area contributed by atoms with Gasteiger partial charge in [0.1, 0.15) is 13.2 Å². The molecule has 1 aromatic carbocycles. The van der Waals surface area contributed by atoms with E-state index in [1.54, 1.807) is 0 Å². The second-order valence-electron chi connectivity index (χ2n) is 5.07. The Bertz CT molecular complexity index is 495. The van der Waals surface area contributed by atoms with Crippen LogP contribution in [0, 0.1) is 18.8 Å². The number of carboxylic acids is 1. The summed E-state index contributed by atoms with van der Waals surface area (Å²) in [5, 5.41) is 8.92. The normalized spacial score (nSPS) is 24.7. The molecule has 1 saturated carbocycles. The number of ether oxygens (including phenoxy) is 2. The number of rotatable bonds is 3. The van der Waals surface area contributed by atoms with Gasteiger partial charge < -0.3 is 14.6 Å². The number of hydrogen-bond donors (Lipinski definition) is 1. The maximum Gasteiger partial charge on any atom is 0.306 e. The van der Waals surface area contributed by atoms with Gasteiger partial charge in [-0.2, -0.15) is 0 Å². The molecular weight excluding hydrogens is 232 g/mol. The van der Waals surface area contributed by atoms with Crippen molar-refractivity contribution < 1.29 is 19.4 Å². The van der Waals surface area contributed by atoms with Gasteiger partial charge in [-0.25, -0.2) is 0 Å². The highest BCUT2D eigenvalue weighted by molar-refractivity contribution is 5.73. The van der Waals surface area contributed by atoms with E-state index in [9.17, 15) is 4.79 Å². The van der Waals surface area contributed by atoms with E-state index in [-0.39, 0.29) is 11.8 Å². The summed E-state index contributed by atoms with van der Waals surface area (Å²) in [5.74, 6) is 1.04. The summed E-state index contributed by atoms with van der Waals surface area (Å²) in [5.41, 5.74) is 2.32. The first-order chi connectivity index (χ1) is 8.65. The molecule has 96 valence electrons. The first-order valence-corrected chi connectivity index (χ1v) is 6.27. The number of aliphatic carboxylic acids is 1. The number of carboxylic acid groups (broad SMARTS) is 1. The number of aryl methyl sites for hydroxylation is 1. The van der Waals surface area contributed by atoms with Gasteiger partial charge in [-0.1, -0.05) is 0 Å². The molecule has 0 spiro atoms. The smallest absolute Gasteiger partial charge is 0.306 e. The van der Waals surface area contributed by atoms with Gasteiger partial charge in [-0.05, 0) is 48.9 Å². The molecule has 1 heterocycles. The average Bonchev–Trinajstić information content (AvgIpc) is 3.09. The van der Waals surface area contributed by atoms with Gasteiger partial charge in [0, 0.05) is 0 Å². The van der Waals surface area contributed by atoms with E-state index >= 15 is 0 Å². The molecule has 1 aliphatic heterocycles. The zero-order valence-electron chi connectivity index (χ0n) is 10.3. The third-order valence-electron chi connectivity index (χ3n) is 3.72. The summed E-state index contributed by atoms with van der Waals surface area (Å²) >= 11 is 0. The SMILES string of the molecule is Cc1cc2c(cc1CC1CC1C(=O)O)OCCO2. The maximum atomic E-state index is 10.8. The Morgan fingerprint density at radius 1 is 1.33 bits per heavy atom. The number of benzene rings is 1. The van der Waals surface area contributed by atoms with Gasteiger partial charge in [-0.3, -0.25) is 4.79 Å². The van der Waals surface area contributed by atoms with Crippen LogP contribution < -0.4 is 9.47 Å². The molecule has 0 bridgehead atoms. The average molecular weight is 248 g/mol. The van der Waals surface area contributed by atoms with Crippen LogP contribution in [0.3, 0.4) is 0 Å². The highest BCUT2D eigenvalue weighted by Crippen LogP contribution is 2.43. The lowest BCUT2D eigenvalue weighted by molar-refractivity contribution is -0.138. The minimum absolute atomic E-state index is 0.155. The van der Waals surface area contributed by atoms with Gasteiger partial charge in [0.15, 0.2) is 11.5 Å². The van der Waals surface area contributed by atoms with Crippen LogP contribution >= 0.6 is 0 Å². The van der Waals surface area contributed by atoms with Crippen LogP contribution in [0.5, 0.6) is 11.5 Å². The second kappa shape index (κ2) is 4.19. The van der Waals surface area contributed by atoms with E-state index in [0.29, 0.717) is 13.2 Å². The summed E-state index contributed by atoms with van der Waals surface area (Å²) < 4.78 is 11.1. The van der Waals surface area contributed by atoms with Crippen molar-refractivity contribution in [3.63, 3.8) is 0 Å². The van der Waals surface area contributed by atoms with E-state index in [1.165, 1.54) is 5.56 Å². The molecule has 2 atom stereocenters. The number of fused-ring (bicyclic) bond motifs is 1. The van der Waals surface area contributed by atoms with E-state index in [0.717, 1.165) is 29.9 Å². The van der Waals surface area contributed by atoms with Crippen molar-refractivity contribution in [2.24, 2.45) is 11.8 Å². The van der Waals surface area contributed by atoms with Crippen LogP contribution in [0.2, 0.25) is 0 Å². The molecule has 0 saturated heterocycles. The van der Waals surface area contributed by atoms with Crippen molar-refractivity contribution in [1.82, 2.24) is 0 Å². The zero-order valence-corrected chi connectivity index (χ0v) is 10.3. The Morgan fingerprint density at radius 3 is 2.61 bits per heavy atom. The highest BCUT2D eigenvalue weighted by Gasteiger charge is 2.43. The fraction of sp³-hybridized carbons (Fsp3) is 0.500. The van der Waals surface area contributed by atoms with Crippen molar-refractivity contribution >= 4 is 5.97 Å². The molecule has 1 aliphatic carbocycles. The Morgan fingerprint density at radius 2 is 2.00 bits per heavy atom. The molecule has 0 amide bonds. The molecule has 1 N–H and O–H groups in total. The topological polar surface area (TPSA) is 55.8 Å². The van der Waals surface area contributed by atoms with E-state index in [2.05, 4.69) is 0 Å². The van der Waals surface area contributed by atoms with E-state index < -0.39 is 5.97 Å². The van der Waals surface area contributed by atoms with Gasteiger partial charge in [0.2, 0.25) is 0 Å². The van der Waals surface area contributed by atoms with Gasteiger partial charge in [0.25, 0.3) is 0 Å². The molecule has 18 heavy (non-hydrogen) atoms. The van der Waals surface area contributed by atoms with Crippen LogP contribution in [0.15, 0.2) is 12.1 Å². The monoisotopic (exact) mass is 248 g/mol. The van der Waals surface area contributed by atoms with Crippen LogP contribution in [0.25, 0.3) is 0 Å². The molecule has 4 nitrogen and oxygen atoms in total. The minimum atomic E-state index is -0.671. The molecule has 1 fully saturated rings. The van der Waals surface area contributed by atoms with Crippen LogP contribution in [0.4, 0.5) is 0 Å². The van der Waals surface area contributed by atoms with Crippen LogP contribution in [-0.4, -0.2) is 24.3 Å². The molecule has 0 radical (unpaired) electrons. The quantitative estimate of drug-likeness (QED) is 0.889. The van der Waals surface area contributed by atoms with Crippen LogP contribution in [0.1, 0.15) is 17.5 Å². The predicted octanol–water partition coefficient (Wildman–Crippen LogP) is 2.03. The maximum absolute atomic E-state index is 10.8. The second-order valence-corrected chi connectivity index (χ2v) is 5.07. The molecule has 4 heteroatoms. The molecule has 1 aromatic rings. The van der Waals surface area contributed by atoms with Crippen molar-refractivity contribution in [2.75, 3.05) is 13.2 Å². The largest absolute Gasteiger partial charge is 0.486 e. The van der Waals surface area contributed by atoms with Gasteiger partial charge >= 0.3 is 5.97 Å². The molecule has 3 rings (SSSR count). The lowest BCUT2D eigenvalue weighted by atomic mass is 10.0. The van der Waals surface area contributed by atoms with Crippen LogP contribution in [-0.2, 0) is 11.2 Å². The summed E-state index contributed by atoms with van der Waals surface area (Å²) in [6.07, 6.45) is 1.61. The Labute approximate surface area is 106 Å². The number of carbonyl (C=O) groups is 1. The summed E-state index contributed by atoms with van der Waals surface area (Å²) in [7, 11) is 0. The van der Waals surface area contributed by atoms with E-state index in [1.807, 2.05) is 19.1 Å². The summed E-state index contributed by atoms with van der Waals surface area (Å²) in [6, 6.07) is 3.99. The predicted molar refractivity (Wildman–Crippen MR) is 65.1 cm³/mol. The van der Waals surface area contributed by atoms with Gasteiger partial charge in [0.05, 0.1) is 5.92 Å². The van der Waals surface area contributed by atoms with Crippen molar-refractivity contribution in [1.29, 1.82) is 0 Å². The first-order valence-electron chi connectivity index (χ1n) is 6.27. The Hall–Kier alpha value is -1.71. The summed E-state index contributed by atoms with van der Waals surface area (Å²) in [4.78, 5) is 10.8. The van der Waals surface area contributed by atoms with E-state index in [4.69, 9.17) is 14.6 Å². The Balaban J connectivity index is 1.78. The summed E-state index contributed by atoms with van der Waals surface area (Å²) in [6.45, 7) is 3.21. The fourth-order valence-corrected chi connectivity index (χ4v) is 2.51. The van der Waals surface area contributed by atoms with Gasteiger partial charge in [-0.15, -0.1) is 0 Å². The lowest BCUT2D eigenvalue weighted by Crippen LogP contribution is -2.16. The van der Waals surface area contributed by atoms with Crippen molar-refractivity contribution in [3.8, 4) is 11.5 Å². The molecular formula is C14H16O4. The standard InChI is InChI=1S/C14H16O4/c1-8-4-12-13(18-3-2-17-12)7-9(8)5-10-6-11(10)14(15)16/h4,7,10-11H,2-3,5-6H2,1H3,(H,15,16). The molecule has 0 aromatic heterocycles. The minimum Gasteiger partial charge on any atom is -0.486 e. The Kier molecular flexibility index (Phi) is 2.65. The zero-order chi connectivity index (χ0) is 12.7. The van der Waals surface area contributed by atoms with Crippen molar-refractivity contribution in [3.05, 3.63) is 23.3 Å². The fourth-order valence-electron chi connectivity index (χ4n) is 2.51. The third kappa shape index (κ3) is 2.03. The third-order valence-corrected chi connectivity index (χ3v) is 3.72. The molecule has 2 aliphatic rings. The highest BCUT2D eigenvalue weighted by atomic mass is 16.6. The molecule has 2 unspecified atom stereocenters.